The van der Waals surface area contributed by atoms with Crippen LogP contribution < -0.4 is 5.32 Å². The van der Waals surface area contributed by atoms with E-state index in [9.17, 15) is 9.59 Å². The number of amides is 1. The molecule has 1 amide bonds. The maximum Gasteiger partial charge on any atom is 0.407 e. The summed E-state index contributed by atoms with van der Waals surface area (Å²) in [5.74, 6) is -0.345. The predicted octanol–water partition coefficient (Wildman–Crippen LogP) is 2.80. The van der Waals surface area contributed by atoms with Crippen LogP contribution in [-0.2, 0) is 14.3 Å². The van der Waals surface area contributed by atoms with Gasteiger partial charge in [-0.05, 0) is 47.0 Å². The van der Waals surface area contributed by atoms with Crippen molar-refractivity contribution in [1.82, 2.24) is 5.32 Å². The molecule has 0 aliphatic carbocycles. The zero-order valence-corrected chi connectivity index (χ0v) is 12.4. The van der Waals surface area contributed by atoms with E-state index in [-0.39, 0.29) is 5.97 Å². The molecule has 110 valence electrons. The van der Waals surface area contributed by atoms with Crippen LogP contribution in [0.25, 0.3) is 0 Å². The molecule has 5 heteroatoms. The zero-order valence-electron chi connectivity index (χ0n) is 12.4. The number of alkyl carbamates (subject to hydrolysis) is 1. The molecule has 0 rings (SSSR count). The van der Waals surface area contributed by atoms with E-state index in [1.54, 1.807) is 6.92 Å². The van der Waals surface area contributed by atoms with Gasteiger partial charge in [-0.25, -0.2) is 9.59 Å². The summed E-state index contributed by atoms with van der Waals surface area (Å²) >= 11 is 0. The molecule has 0 heterocycles. The van der Waals surface area contributed by atoms with Gasteiger partial charge in [0.05, 0.1) is 6.61 Å². The van der Waals surface area contributed by atoms with Gasteiger partial charge in [-0.15, -0.1) is 0 Å². The molecule has 0 saturated carbocycles. The van der Waals surface area contributed by atoms with Crippen LogP contribution in [0, 0.1) is 0 Å². The van der Waals surface area contributed by atoms with E-state index in [2.05, 4.69) is 11.9 Å². The van der Waals surface area contributed by atoms with Gasteiger partial charge in [-0.1, -0.05) is 6.58 Å². The van der Waals surface area contributed by atoms with Crippen molar-refractivity contribution < 1.29 is 19.1 Å². The first-order valence-electron chi connectivity index (χ1n) is 6.58. The Bertz CT molecular complexity index is 318. The zero-order chi connectivity index (χ0) is 14.9. The average Bonchev–Trinajstić information content (AvgIpc) is 2.26. The fourth-order valence-corrected chi connectivity index (χ4v) is 1.30. The molecule has 0 atom stereocenters. The largest absolute Gasteiger partial charge is 0.463 e. The minimum absolute atomic E-state index is 0.345. The number of unbranched alkanes of at least 4 members (excludes halogenated alkanes) is 1. The molecule has 0 aliphatic rings. The molecule has 0 aromatic carbocycles. The van der Waals surface area contributed by atoms with Gasteiger partial charge in [0.1, 0.15) is 5.60 Å². The highest BCUT2D eigenvalue weighted by Gasteiger charge is 2.15. The number of carbonyl (C=O) groups is 2. The molecule has 1 N–H and O–H groups in total. The minimum atomic E-state index is -0.484. The number of hydrogen-bond donors (Lipinski definition) is 1. The highest BCUT2D eigenvalue weighted by Crippen LogP contribution is 2.08. The lowest BCUT2D eigenvalue weighted by atomic mass is 10.1. The van der Waals surface area contributed by atoms with E-state index in [1.807, 2.05) is 20.8 Å². The molecular formula is C14H25NO4. The molecule has 5 nitrogen and oxygen atoms in total. The Morgan fingerprint density at radius 2 is 1.84 bits per heavy atom. The van der Waals surface area contributed by atoms with Gasteiger partial charge in [-0.2, -0.15) is 0 Å². The van der Waals surface area contributed by atoms with Gasteiger partial charge in [-0.3, -0.25) is 0 Å². The van der Waals surface area contributed by atoms with Gasteiger partial charge in [0.2, 0.25) is 0 Å². The molecule has 19 heavy (non-hydrogen) atoms. The smallest absolute Gasteiger partial charge is 0.407 e. The molecule has 0 aromatic rings. The Morgan fingerprint density at radius 3 is 2.37 bits per heavy atom. The van der Waals surface area contributed by atoms with Crippen molar-refractivity contribution in [3.05, 3.63) is 12.2 Å². The number of rotatable bonds is 7. The van der Waals surface area contributed by atoms with E-state index < -0.39 is 11.7 Å². The van der Waals surface area contributed by atoms with Crippen LogP contribution in [0.4, 0.5) is 4.79 Å². The number of nitrogens with one attached hydrogen (secondary N) is 1. The maximum atomic E-state index is 11.3. The SMILES string of the molecule is C=C(CCCCNC(=O)OC(C)(C)C)C(=O)OCC. The molecule has 0 bridgehead atoms. The lowest BCUT2D eigenvalue weighted by molar-refractivity contribution is -0.138. The fourth-order valence-electron chi connectivity index (χ4n) is 1.30. The summed E-state index contributed by atoms with van der Waals surface area (Å²) in [6.45, 7) is 11.8. The van der Waals surface area contributed by atoms with Crippen molar-refractivity contribution in [3.63, 3.8) is 0 Å². The molecule has 0 aliphatic heterocycles. The second-order valence-electron chi connectivity index (χ2n) is 5.21. The van der Waals surface area contributed by atoms with Gasteiger partial charge < -0.3 is 14.8 Å². The monoisotopic (exact) mass is 271 g/mol. The van der Waals surface area contributed by atoms with Crippen LogP contribution in [-0.4, -0.2) is 30.8 Å². The van der Waals surface area contributed by atoms with E-state index in [1.165, 1.54) is 0 Å². The van der Waals surface area contributed by atoms with Gasteiger partial charge >= 0.3 is 12.1 Å². The summed E-state index contributed by atoms with van der Waals surface area (Å²) in [5.41, 5.74) is -0.0124. The first kappa shape index (κ1) is 17.5. The predicted molar refractivity (Wildman–Crippen MR) is 73.9 cm³/mol. The molecule has 0 aromatic heterocycles. The average molecular weight is 271 g/mol. The highest BCUT2D eigenvalue weighted by atomic mass is 16.6. The molecule has 0 radical (unpaired) electrons. The highest BCUT2D eigenvalue weighted by molar-refractivity contribution is 5.87. The molecule has 0 saturated heterocycles. The third-order valence-electron chi connectivity index (χ3n) is 2.14. The van der Waals surface area contributed by atoms with Crippen LogP contribution >= 0.6 is 0 Å². The fraction of sp³-hybridized carbons (Fsp3) is 0.714. The number of hydrogen-bond acceptors (Lipinski definition) is 4. The normalized spacial score (nSPS) is 10.7. The van der Waals surface area contributed by atoms with Gasteiger partial charge in [0.25, 0.3) is 0 Å². The summed E-state index contributed by atoms with van der Waals surface area (Å²) in [6.07, 6.45) is 1.69. The van der Waals surface area contributed by atoms with Crippen molar-refractivity contribution in [1.29, 1.82) is 0 Å². The summed E-state index contributed by atoms with van der Waals surface area (Å²) < 4.78 is 9.92. The molecular weight excluding hydrogens is 246 g/mol. The number of esters is 1. The first-order valence-corrected chi connectivity index (χ1v) is 6.58. The van der Waals surface area contributed by atoms with E-state index in [0.29, 0.717) is 25.1 Å². The first-order chi connectivity index (χ1) is 8.76. The van der Waals surface area contributed by atoms with Crippen molar-refractivity contribution in [3.8, 4) is 0 Å². The van der Waals surface area contributed by atoms with E-state index >= 15 is 0 Å². The Kier molecular flexibility index (Phi) is 7.87. The second kappa shape index (κ2) is 8.56. The Morgan fingerprint density at radius 1 is 1.21 bits per heavy atom. The topological polar surface area (TPSA) is 64.6 Å². The molecule has 0 unspecified atom stereocenters. The van der Waals surface area contributed by atoms with Crippen molar-refractivity contribution in [2.24, 2.45) is 0 Å². The summed E-state index contributed by atoms with van der Waals surface area (Å²) in [7, 11) is 0. The minimum Gasteiger partial charge on any atom is -0.463 e. The molecule has 0 spiro atoms. The Hall–Kier alpha value is -1.52. The summed E-state index contributed by atoms with van der Waals surface area (Å²) in [5, 5.41) is 2.66. The molecule has 0 fully saturated rings. The third-order valence-corrected chi connectivity index (χ3v) is 2.14. The lowest BCUT2D eigenvalue weighted by Crippen LogP contribution is -2.33. The van der Waals surface area contributed by atoms with Crippen LogP contribution in [0.15, 0.2) is 12.2 Å². The summed E-state index contributed by atoms with van der Waals surface area (Å²) in [4.78, 5) is 22.6. The van der Waals surface area contributed by atoms with Crippen LogP contribution in [0.3, 0.4) is 0 Å². The van der Waals surface area contributed by atoms with Crippen molar-refractivity contribution in [2.75, 3.05) is 13.2 Å². The van der Waals surface area contributed by atoms with Gasteiger partial charge in [0.15, 0.2) is 0 Å². The second-order valence-corrected chi connectivity index (χ2v) is 5.21. The Balaban J connectivity index is 3.63. The van der Waals surface area contributed by atoms with Crippen LogP contribution in [0.5, 0.6) is 0 Å². The number of carbonyl (C=O) groups excluding carboxylic acids is 2. The van der Waals surface area contributed by atoms with E-state index in [0.717, 1.165) is 12.8 Å². The van der Waals surface area contributed by atoms with Crippen LogP contribution in [0.2, 0.25) is 0 Å². The summed E-state index contributed by atoms with van der Waals surface area (Å²) in [6, 6.07) is 0. The Labute approximate surface area is 115 Å². The van der Waals surface area contributed by atoms with Crippen molar-refractivity contribution in [2.45, 2.75) is 52.6 Å². The quantitative estimate of drug-likeness (QED) is 0.439. The maximum absolute atomic E-state index is 11.3. The van der Waals surface area contributed by atoms with E-state index in [4.69, 9.17) is 9.47 Å². The lowest BCUT2D eigenvalue weighted by Gasteiger charge is -2.19. The van der Waals surface area contributed by atoms with Crippen molar-refractivity contribution >= 4 is 12.1 Å². The third kappa shape index (κ3) is 10.1. The van der Waals surface area contributed by atoms with Crippen LogP contribution in [0.1, 0.15) is 47.0 Å². The standard InChI is InChI=1S/C14H25NO4/c1-6-18-12(16)11(2)9-7-8-10-15-13(17)19-14(3,4)5/h2,6-10H2,1,3-5H3,(H,15,17). The number of ether oxygens (including phenoxy) is 2. The van der Waals surface area contributed by atoms with Gasteiger partial charge in [0, 0.05) is 12.1 Å².